The number of hydrogen-bond acceptors (Lipinski definition) is 3. The number of alkyl halides is 1. The SMILES string of the molecule is CC([C@@H]1C=CCCC1)[C@@]12CC(=O)[C@H](CCCl)[C@]1(C)OC2=O. The topological polar surface area (TPSA) is 43.4 Å². The smallest absolute Gasteiger partial charge is 0.317 e. The van der Waals surface area contributed by atoms with Crippen LogP contribution in [-0.2, 0) is 14.3 Å². The van der Waals surface area contributed by atoms with Crippen molar-refractivity contribution in [3.05, 3.63) is 12.2 Å². The molecule has 2 fully saturated rings. The zero-order chi connectivity index (χ0) is 15.3. The summed E-state index contributed by atoms with van der Waals surface area (Å²) in [6.07, 6.45) is 8.73. The van der Waals surface area contributed by atoms with E-state index >= 15 is 0 Å². The van der Waals surface area contributed by atoms with Gasteiger partial charge in [-0.05, 0) is 44.4 Å². The molecule has 1 saturated heterocycles. The number of ether oxygens (including phenoxy) is 1. The normalized spacial score (nSPS) is 43.2. The van der Waals surface area contributed by atoms with Crippen molar-refractivity contribution >= 4 is 23.4 Å². The quantitative estimate of drug-likeness (QED) is 0.453. The third-order valence-corrected chi connectivity index (χ3v) is 6.39. The van der Waals surface area contributed by atoms with Crippen molar-refractivity contribution in [1.29, 1.82) is 0 Å². The van der Waals surface area contributed by atoms with Gasteiger partial charge in [0.15, 0.2) is 0 Å². The average molecular weight is 311 g/mol. The van der Waals surface area contributed by atoms with Gasteiger partial charge in [0, 0.05) is 12.3 Å². The number of esters is 1. The van der Waals surface area contributed by atoms with Crippen molar-refractivity contribution in [3.63, 3.8) is 0 Å². The van der Waals surface area contributed by atoms with Crippen LogP contribution in [0.15, 0.2) is 12.2 Å². The summed E-state index contributed by atoms with van der Waals surface area (Å²) in [7, 11) is 0. The summed E-state index contributed by atoms with van der Waals surface area (Å²) in [4.78, 5) is 24.8. The summed E-state index contributed by atoms with van der Waals surface area (Å²) in [6, 6.07) is 0. The Labute approximate surface area is 131 Å². The Balaban J connectivity index is 1.94. The predicted molar refractivity (Wildman–Crippen MR) is 81.0 cm³/mol. The number of carbonyl (C=O) groups is 2. The molecule has 0 spiro atoms. The summed E-state index contributed by atoms with van der Waals surface area (Å²) in [5.41, 5.74) is -1.28. The van der Waals surface area contributed by atoms with E-state index in [-0.39, 0.29) is 23.6 Å². The molecule has 0 aromatic rings. The van der Waals surface area contributed by atoms with E-state index in [4.69, 9.17) is 16.3 Å². The number of fused-ring (bicyclic) bond motifs is 1. The second-order valence-corrected chi connectivity index (χ2v) is 7.33. The summed E-state index contributed by atoms with van der Waals surface area (Å²) >= 11 is 5.85. The molecule has 1 unspecified atom stereocenters. The van der Waals surface area contributed by atoms with Crippen LogP contribution in [0.2, 0.25) is 0 Å². The molecule has 3 aliphatic rings. The van der Waals surface area contributed by atoms with Crippen LogP contribution in [-0.4, -0.2) is 23.2 Å². The molecule has 0 bridgehead atoms. The van der Waals surface area contributed by atoms with Gasteiger partial charge in [-0.2, -0.15) is 0 Å². The largest absolute Gasteiger partial charge is 0.457 e. The minimum atomic E-state index is -0.652. The molecule has 1 heterocycles. The molecule has 0 N–H and O–H groups in total. The maximum absolute atomic E-state index is 12.5. The maximum atomic E-state index is 12.5. The molecule has 21 heavy (non-hydrogen) atoms. The van der Waals surface area contributed by atoms with Crippen molar-refractivity contribution < 1.29 is 14.3 Å². The molecule has 0 aromatic heterocycles. The lowest BCUT2D eigenvalue weighted by Gasteiger charge is -2.56. The highest BCUT2D eigenvalue weighted by Crippen LogP contribution is 2.64. The predicted octanol–water partition coefficient (Wildman–Crippen LogP) is 3.50. The Hall–Kier alpha value is -0.830. The van der Waals surface area contributed by atoms with E-state index in [1.807, 2.05) is 6.92 Å². The monoisotopic (exact) mass is 310 g/mol. The van der Waals surface area contributed by atoms with E-state index < -0.39 is 11.0 Å². The first-order valence-electron chi connectivity index (χ1n) is 7.96. The van der Waals surface area contributed by atoms with Crippen LogP contribution >= 0.6 is 11.6 Å². The van der Waals surface area contributed by atoms with Gasteiger partial charge in [0.2, 0.25) is 0 Å². The van der Waals surface area contributed by atoms with E-state index in [0.29, 0.717) is 24.6 Å². The molecule has 0 radical (unpaired) electrons. The molecule has 1 saturated carbocycles. The molecule has 0 aromatic carbocycles. The number of rotatable bonds is 4. The third-order valence-electron chi connectivity index (χ3n) is 6.17. The summed E-state index contributed by atoms with van der Waals surface area (Å²) in [6.45, 7) is 4.06. The fourth-order valence-corrected chi connectivity index (χ4v) is 5.05. The minimum absolute atomic E-state index is 0.143. The fourth-order valence-electron chi connectivity index (χ4n) is 4.83. The average Bonchev–Trinajstić information content (AvgIpc) is 2.65. The second kappa shape index (κ2) is 5.12. The van der Waals surface area contributed by atoms with Crippen LogP contribution in [0, 0.1) is 23.2 Å². The number of Topliss-reactive ketones (excluding diaryl/α,β-unsaturated/α-hetero) is 1. The highest BCUT2D eigenvalue weighted by Gasteiger charge is 2.77. The zero-order valence-electron chi connectivity index (χ0n) is 12.7. The molecule has 0 amide bonds. The standard InChI is InChI=1S/C17H23ClO3/c1-11(12-6-4-3-5-7-12)17-10-14(19)13(8-9-18)16(17,2)21-15(17)20/h4,6,11-13H,3,5,7-10H2,1-2H3/t11?,12-,13+,16+,17-/m1/s1. The Morgan fingerprint density at radius 1 is 1.48 bits per heavy atom. The minimum Gasteiger partial charge on any atom is -0.457 e. The van der Waals surface area contributed by atoms with Gasteiger partial charge in [-0.1, -0.05) is 19.1 Å². The first-order valence-corrected chi connectivity index (χ1v) is 8.49. The molecule has 3 nitrogen and oxygen atoms in total. The van der Waals surface area contributed by atoms with Gasteiger partial charge in [0.05, 0.1) is 5.92 Å². The van der Waals surface area contributed by atoms with Gasteiger partial charge in [-0.15, -0.1) is 11.6 Å². The van der Waals surface area contributed by atoms with Gasteiger partial charge in [0.1, 0.15) is 16.8 Å². The van der Waals surface area contributed by atoms with Crippen molar-refractivity contribution in [2.24, 2.45) is 23.2 Å². The Kier molecular flexibility index (Phi) is 3.67. The van der Waals surface area contributed by atoms with Crippen molar-refractivity contribution in [1.82, 2.24) is 0 Å². The van der Waals surface area contributed by atoms with E-state index in [1.54, 1.807) is 0 Å². The van der Waals surface area contributed by atoms with Crippen LogP contribution in [0.5, 0.6) is 0 Å². The van der Waals surface area contributed by atoms with E-state index in [0.717, 1.165) is 19.3 Å². The number of hydrogen-bond donors (Lipinski definition) is 0. The Morgan fingerprint density at radius 2 is 2.24 bits per heavy atom. The van der Waals surface area contributed by atoms with Crippen molar-refractivity contribution in [2.75, 3.05) is 5.88 Å². The highest BCUT2D eigenvalue weighted by atomic mass is 35.5. The summed E-state index contributed by atoms with van der Waals surface area (Å²) < 4.78 is 5.56. The maximum Gasteiger partial charge on any atom is 0.317 e. The van der Waals surface area contributed by atoms with Gasteiger partial charge >= 0.3 is 5.97 Å². The number of allylic oxidation sites excluding steroid dienone is 2. The molecular weight excluding hydrogens is 288 g/mol. The summed E-state index contributed by atoms with van der Waals surface area (Å²) in [5, 5.41) is 0. The lowest BCUT2D eigenvalue weighted by Crippen LogP contribution is -2.68. The van der Waals surface area contributed by atoms with E-state index in [1.165, 1.54) is 0 Å². The Morgan fingerprint density at radius 3 is 2.81 bits per heavy atom. The molecule has 3 rings (SSSR count). The van der Waals surface area contributed by atoms with Gasteiger partial charge in [-0.3, -0.25) is 9.59 Å². The number of carbonyl (C=O) groups excluding carboxylic acids is 2. The molecule has 5 atom stereocenters. The van der Waals surface area contributed by atoms with Gasteiger partial charge in [-0.25, -0.2) is 0 Å². The number of ketones is 1. The molecule has 4 heteroatoms. The summed E-state index contributed by atoms with van der Waals surface area (Å²) in [5.74, 6) is 0.676. The lowest BCUT2D eigenvalue weighted by atomic mass is 9.57. The fraction of sp³-hybridized carbons (Fsp3) is 0.765. The van der Waals surface area contributed by atoms with Crippen molar-refractivity contribution in [2.45, 2.75) is 51.6 Å². The zero-order valence-corrected chi connectivity index (χ0v) is 13.5. The molecule has 1 aliphatic heterocycles. The van der Waals surface area contributed by atoms with E-state index in [2.05, 4.69) is 19.1 Å². The van der Waals surface area contributed by atoms with Crippen molar-refractivity contribution in [3.8, 4) is 0 Å². The van der Waals surface area contributed by atoms with Crippen LogP contribution in [0.3, 0.4) is 0 Å². The first kappa shape index (κ1) is 15.1. The van der Waals surface area contributed by atoms with Gasteiger partial charge < -0.3 is 4.74 Å². The third kappa shape index (κ3) is 1.86. The van der Waals surface area contributed by atoms with Gasteiger partial charge in [0.25, 0.3) is 0 Å². The highest BCUT2D eigenvalue weighted by molar-refractivity contribution is 6.18. The Bertz CT molecular complexity index is 500. The molecule has 116 valence electrons. The first-order chi connectivity index (χ1) is 9.97. The lowest BCUT2D eigenvalue weighted by molar-refractivity contribution is -0.252. The number of halogens is 1. The molecule has 2 aliphatic carbocycles. The van der Waals surface area contributed by atoms with Crippen LogP contribution in [0.25, 0.3) is 0 Å². The van der Waals surface area contributed by atoms with Crippen LogP contribution < -0.4 is 0 Å². The van der Waals surface area contributed by atoms with Crippen LogP contribution in [0.1, 0.15) is 46.0 Å². The molecular formula is C17H23ClO3. The van der Waals surface area contributed by atoms with Crippen LogP contribution in [0.4, 0.5) is 0 Å². The second-order valence-electron chi connectivity index (χ2n) is 6.95. The van der Waals surface area contributed by atoms with E-state index in [9.17, 15) is 9.59 Å².